The van der Waals surface area contributed by atoms with Gasteiger partial charge in [-0.3, -0.25) is 4.79 Å². The minimum Gasteiger partial charge on any atom is -0.478 e. The normalized spacial score (nSPS) is 11.2. The van der Waals surface area contributed by atoms with Crippen LogP contribution in [0.2, 0.25) is 0 Å². The summed E-state index contributed by atoms with van der Waals surface area (Å²) in [4.78, 5) is 23.3. The molecule has 0 aromatic heterocycles. The molecule has 0 saturated carbocycles. The first-order chi connectivity index (χ1) is 12.1. The number of ketones is 1. The van der Waals surface area contributed by atoms with E-state index in [1.165, 1.54) is 30.3 Å². The third-order valence-electron chi connectivity index (χ3n) is 3.80. The molecule has 0 atom stereocenters. The van der Waals surface area contributed by atoms with Crippen molar-refractivity contribution < 1.29 is 27.9 Å². The number of benzene rings is 2. The van der Waals surface area contributed by atoms with Crippen molar-refractivity contribution in [3.8, 4) is 0 Å². The molecule has 2 aromatic carbocycles. The van der Waals surface area contributed by atoms with E-state index in [2.05, 4.69) is 5.32 Å². The summed E-state index contributed by atoms with van der Waals surface area (Å²) in [6, 6.07) is 7.59. The van der Waals surface area contributed by atoms with Gasteiger partial charge >= 0.3 is 12.1 Å². The molecule has 0 radical (unpaired) electrons. The summed E-state index contributed by atoms with van der Waals surface area (Å²) >= 11 is 0. The lowest BCUT2D eigenvalue weighted by molar-refractivity contribution is -0.138. The van der Waals surface area contributed by atoms with Crippen molar-refractivity contribution in [2.45, 2.75) is 26.1 Å². The maximum absolute atomic E-state index is 13.0. The van der Waals surface area contributed by atoms with E-state index in [-0.39, 0.29) is 41.0 Å². The van der Waals surface area contributed by atoms with Crippen LogP contribution in [0.1, 0.15) is 45.2 Å². The molecule has 0 aliphatic heterocycles. The Hall–Kier alpha value is -3.03. The molecule has 0 heterocycles. The van der Waals surface area contributed by atoms with E-state index in [0.717, 1.165) is 6.07 Å². The van der Waals surface area contributed by atoms with Crippen LogP contribution in [0.25, 0.3) is 0 Å². The van der Waals surface area contributed by atoms with Gasteiger partial charge in [0.25, 0.3) is 0 Å². The van der Waals surface area contributed by atoms with Crippen molar-refractivity contribution in [3.05, 3.63) is 58.7 Å². The monoisotopic (exact) mass is 366 g/mol. The number of Topliss-reactive ketones (excluding diaryl/α,β-unsaturated/α-hetero) is 1. The number of nitrogens with one attached hydrogen (secondary N) is 1. The van der Waals surface area contributed by atoms with Crippen LogP contribution in [0.3, 0.4) is 0 Å². The van der Waals surface area contributed by atoms with Crippen LogP contribution < -0.4 is 11.1 Å². The maximum atomic E-state index is 13.0. The number of nitrogens with two attached hydrogens (primary N) is 1. The highest BCUT2D eigenvalue weighted by Crippen LogP contribution is 2.32. The highest BCUT2D eigenvalue weighted by molar-refractivity contribution is 6.10. The molecule has 0 bridgehead atoms. The van der Waals surface area contributed by atoms with Crippen LogP contribution in [0.4, 0.5) is 24.5 Å². The number of halogens is 3. The highest BCUT2D eigenvalue weighted by Gasteiger charge is 2.32. The van der Waals surface area contributed by atoms with Gasteiger partial charge < -0.3 is 16.2 Å². The molecule has 0 fully saturated rings. The van der Waals surface area contributed by atoms with Gasteiger partial charge in [-0.15, -0.1) is 0 Å². The fourth-order valence-electron chi connectivity index (χ4n) is 2.57. The van der Waals surface area contributed by atoms with E-state index in [4.69, 9.17) is 5.73 Å². The van der Waals surface area contributed by atoms with E-state index >= 15 is 0 Å². The Morgan fingerprint density at radius 1 is 1.19 bits per heavy atom. The third kappa shape index (κ3) is 4.14. The lowest BCUT2D eigenvalue weighted by atomic mass is 9.99. The summed E-state index contributed by atoms with van der Waals surface area (Å²) in [6.45, 7) is 1.39. The van der Waals surface area contributed by atoms with Crippen LogP contribution in [-0.2, 0) is 12.7 Å². The number of hydrogen-bond donors (Lipinski definition) is 3. The lowest BCUT2D eigenvalue weighted by Gasteiger charge is -2.15. The van der Waals surface area contributed by atoms with Gasteiger partial charge in [0.15, 0.2) is 5.78 Å². The van der Waals surface area contributed by atoms with Gasteiger partial charge in [0, 0.05) is 24.3 Å². The molecule has 0 unspecified atom stereocenters. The molecule has 0 saturated heterocycles. The Bertz CT molecular complexity index is 848. The summed E-state index contributed by atoms with van der Waals surface area (Å²) in [6.07, 6.45) is -4.42. The van der Waals surface area contributed by atoms with Gasteiger partial charge in [-0.25, -0.2) is 4.79 Å². The molecule has 4 N–H and O–H groups in total. The summed E-state index contributed by atoms with van der Waals surface area (Å²) in [7, 11) is 0. The molecule has 2 rings (SSSR count). The Morgan fingerprint density at radius 2 is 1.85 bits per heavy atom. The molecule has 5 nitrogen and oxygen atoms in total. The zero-order valence-corrected chi connectivity index (χ0v) is 13.9. The fourth-order valence-corrected chi connectivity index (χ4v) is 2.57. The predicted octanol–water partition coefficient (Wildman–Crippen LogP) is 4.19. The van der Waals surface area contributed by atoms with Gasteiger partial charge in [0.05, 0.1) is 16.7 Å². The Kier molecular flexibility index (Phi) is 5.54. The Morgan fingerprint density at radius 3 is 2.42 bits per heavy atom. The highest BCUT2D eigenvalue weighted by atomic mass is 19.4. The van der Waals surface area contributed by atoms with Gasteiger partial charge in [-0.2, -0.15) is 13.2 Å². The molecule has 0 spiro atoms. The largest absolute Gasteiger partial charge is 0.478 e. The number of carboxylic acids is 1. The number of nitrogen functional groups attached to an aromatic ring is 1. The molecule has 8 heteroatoms. The molecule has 0 amide bonds. The summed E-state index contributed by atoms with van der Waals surface area (Å²) in [5, 5.41) is 12.0. The Labute approximate surface area is 147 Å². The first-order valence-electron chi connectivity index (χ1n) is 7.74. The molecule has 0 aliphatic rings. The molecular formula is C18H17F3N2O3. The van der Waals surface area contributed by atoms with Crippen molar-refractivity contribution in [3.63, 3.8) is 0 Å². The summed E-state index contributed by atoms with van der Waals surface area (Å²) in [5.74, 6) is -1.76. The molecule has 26 heavy (non-hydrogen) atoms. The van der Waals surface area contributed by atoms with Gasteiger partial charge in [0.2, 0.25) is 0 Å². The van der Waals surface area contributed by atoms with Crippen molar-refractivity contribution in [2.75, 3.05) is 11.1 Å². The second kappa shape index (κ2) is 7.47. The molecule has 138 valence electrons. The van der Waals surface area contributed by atoms with Crippen LogP contribution >= 0.6 is 0 Å². The maximum Gasteiger partial charge on any atom is 0.416 e. The topological polar surface area (TPSA) is 92.4 Å². The number of carbonyl (C=O) groups excluding carboxylic acids is 1. The van der Waals surface area contributed by atoms with E-state index in [9.17, 15) is 27.9 Å². The zero-order chi connectivity index (χ0) is 19.5. The quantitative estimate of drug-likeness (QED) is 0.527. The van der Waals surface area contributed by atoms with E-state index < -0.39 is 23.5 Å². The molecule has 2 aromatic rings. The van der Waals surface area contributed by atoms with Crippen molar-refractivity contribution >= 4 is 23.1 Å². The number of alkyl halides is 3. The van der Waals surface area contributed by atoms with E-state index in [0.29, 0.717) is 0 Å². The molecule has 0 aliphatic carbocycles. The minimum absolute atomic E-state index is 0.00385. The van der Waals surface area contributed by atoms with Crippen molar-refractivity contribution in [1.29, 1.82) is 0 Å². The second-order valence-corrected chi connectivity index (χ2v) is 5.58. The van der Waals surface area contributed by atoms with Crippen molar-refractivity contribution in [2.24, 2.45) is 0 Å². The lowest BCUT2D eigenvalue weighted by Crippen LogP contribution is -2.14. The van der Waals surface area contributed by atoms with E-state index in [1.54, 1.807) is 6.92 Å². The fraction of sp³-hybridized carbons (Fsp3) is 0.222. The predicted molar refractivity (Wildman–Crippen MR) is 91.2 cm³/mol. The number of rotatable bonds is 6. The second-order valence-electron chi connectivity index (χ2n) is 5.58. The first-order valence-corrected chi connectivity index (χ1v) is 7.74. The minimum atomic E-state index is -4.50. The average molecular weight is 366 g/mol. The number of anilines is 2. The standard InChI is InChI=1S/C18H17F3N2O3/c1-2-15(24)16-12(17(25)26)7-11(8-14(16)22)23-9-10-5-3-4-6-13(10)18(19,20)21/h3-8,23H,2,9,22H2,1H3,(H,25,26). The summed E-state index contributed by atoms with van der Waals surface area (Å²) < 4.78 is 39.1. The average Bonchev–Trinajstić information content (AvgIpc) is 2.58. The summed E-state index contributed by atoms with van der Waals surface area (Å²) in [5.41, 5.74) is 4.81. The first kappa shape index (κ1) is 19.3. The third-order valence-corrected chi connectivity index (χ3v) is 3.80. The number of carboxylic acid groups (broad SMARTS) is 1. The SMILES string of the molecule is CCC(=O)c1c(N)cc(NCc2ccccc2C(F)(F)F)cc1C(=O)O. The zero-order valence-electron chi connectivity index (χ0n) is 13.9. The van der Waals surface area contributed by atoms with Crippen molar-refractivity contribution in [1.82, 2.24) is 0 Å². The number of carbonyl (C=O) groups is 2. The van der Waals surface area contributed by atoms with Crippen LogP contribution in [-0.4, -0.2) is 16.9 Å². The van der Waals surface area contributed by atoms with Crippen LogP contribution in [0.5, 0.6) is 0 Å². The molecular weight excluding hydrogens is 349 g/mol. The van der Waals surface area contributed by atoms with Crippen LogP contribution in [0, 0.1) is 0 Å². The van der Waals surface area contributed by atoms with Gasteiger partial charge in [-0.1, -0.05) is 25.1 Å². The number of aromatic carboxylic acids is 1. The van der Waals surface area contributed by atoms with Gasteiger partial charge in [0.1, 0.15) is 0 Å². The van der Waals surface area contributed by atoms with Crippen LogP contribution in [0.15, 0.2) is 36.4 Å². The number of hydrogen-bond acceptors (Lipinski definition) is 4. The van der Waals surface area contributed by atoms with Gasteiger partial charge in [-0.05, 0) is 23.8 Å². The van der Waals surface area contributed by atoms with E-state index in [1.807, 2.05) is 0 Å². The Balaban J connectivity index is 2.35. The smallest absolute Gasteiger partial charge is 0.416 e.